The first kappa shape index (κ1) is 13.9. The predicted molar refractivity (Wildman–Crippen MR) is 76.3 cm³/mol. The number of hydrogen-bond acceptors (Lipinski definition) is 2. The van der Waals surface area contributed by atoms with Crippen LogP contribution in [0.15, 0.2) is 18.2 Å². The van der Waals surface area contributed by atoms with Gasteiger partial charge in [-0.1, -0.05) is 23.7 Å². The monoisotopic (exact) mass is 267 g/mol. The average molecular weight is 268 g/mol. The van der Waals surface area contributed by atoms with Gasteiger partial charge in [-0.3, -0.25) is 4.90 Å². The summed E-state index contributed by atoms with van der Waals surface area (Å²) in [6.45, 7) is 9.31. The molecule has 0 saturated carbocycles. The lowest BCUT2D eigenvalue weighted by atomic mass is 9.99. The molecule has 0 spiro atoms. The van der Waals surface area contributed by atoms with Crippen LogP contribution in [0.4, 0.5) is 0 Å². The van der Waals surface area contributed by atoms with Crippen LogP contribution in [0.25, 0.3) is 0 Å². The van der Waals surface area contributed by atoms with Gasteiger partial charge in [0.05, 0.1) is 13.2 Å². The van der Waals surface area contributed by atoms with Crippen molar-refractivity contribution < 1.29 is 4.74 Å². The van der Waals surface area contributed by atoms with Crippen molar-refractivity contribution in [1.82, 2.24) is 4.90 Å². The normalized spacial score (nSPS) is 21.5. The fourth-order valence-corrected chi connectivity index (χ4v) is 2.84. The van der Waals surface area contributed by atoms with Crippen LogP contribution in [0.1, 0.15) is 25.0 Å². The molecule has 1 fully saturated rings. The Morgan fingerprint density at radius 3 is 2.94 bits per heavy atom. The molecule has 1 atom stereocenters. The van der Waals surface area contributed by atoms with Crippen molar-refractivity contribution in [3.8, 4) is 0 Å². The second-order valence-electron chi connectivity index (χ2n) is 5.29. The van der Waals surface area contributed by atoms with Gasteiger partial charge in [-0.15, -0.1) is 0 Å². The molecular formula is C15H22ClNO. The van der Waals surface area contributed by atoms with Crippen molar-refractivity contribution in [1.29, 1.82) is 0 Å². The van der Waals surface area contributed by atoms with Gasteiger partial charge in [-0.25, -0.2) is 0 Å². The van der Waals surface area contributed by atoms with E-state index in [4.69, 9.17) is 16.3 Å². The van der Waals surface area contributed by atoms with Crippen LogP contribution in [-0.4, -0.2) is 36.7 Å². The van der Waals surface area contributed by atoms with Crippen molar-refractivity contribution >= 4 is 11.6 Å². The fraction of sp³-hybridized carbons (Fsp3) is 0.600. The number of morpholine rings is 1. The number of halogens is 1. The first-order valence-corrected chi connectivity index (χ1v) is 7.05. The van der Waals surface area contributed by atoms with Gasteiger partial charge in [-0.2, -0.15) is 0 Å². The van der Waals surface area contributed by atoms with Crippen molar-refractivity contribution in [2.24, 2.45) is 0 Å². The summed E-state index contributed by atoms with van der Waals surface area (Å²) >= 11 is 6.19. The molecule has 0 N–H and O–H groups in total. The number of rotatable bonds is 3. The highest BCUT2D eigenvalue weighted by molar-refractivity contribution is 6.31. The second kappa shape index (κ2) is 6.05. The second-order valence-corrected chi connectivity index (χ2v) is 5.70. The van der Waals surface area contributed by atoms with E-state index < -0.39 is 0 Å². The third-order valence-electron chi connectivity index (χ3n) is 3.77. The molecule has 100 valence electrons. The van der Waals surface area contributed by atoms with Crippen LogP contribution in [-0.2, 0) is 11.2 Å². The van der Waals surface area contributed by atoms with Crippen LogP contribution in [0.5, 0.6) is 0 Å². The minimum atomic E-state index is 0.468. The molecule has 1 aliphatic rings. The SMILES string of the molecule is Cc1c(Cl)cccc1CC1COCCN1C(C)C. The summed E-state index contributed by atoms with van der Waals surface area (Å²) in [6, 6.07) is 7.20. The van der Waals surface area contributed by atoms with E-state index in [1.165, 1.54) is 11.1 Å². The van der Waals surface area contributed by atoms with Gasteiger partial charge < -0.3 is 4.74 Å². The molecule has 2 rings (SSSR count). The molecule has 1 saturated heterocycles. The molecule has 1 aromatic carbocycles. The Bertz CT molecular complexity index is 405. The number of nitrogens with zero attached hydrogens (tertiary/aromatic N) is 1. The van der Waals surface area contributed by atoms with Gasteiger partial charge in [-0.05, 0) is 44.4 Å². The molecule has 3 heteroatoms. The molecule has 1 unspecified atom stereocenters. The molecular weight excluding hydrogens is 246 g/mol. The van der Waals surface area contributed by atoms with E-state index in [1.54, 1.807) is 0 Å². The van der Waals surface area contributed by atoms with Crippen molar-refractivity contribution in [3.63, 3.8) is 0 Å². The Kier molecular flexibility index (Phi) is 4.66. The van der Waals surface area contributed by atoms with Gasteiger partial charge in [0.1, 0.15) is 0 Å². The van der Waals surface area contributed by atoms with Gasteiger partial charge in [0.25, 0.3) is 0 Å². The van der Waals surface area contributed by atoms with Crippen molar-refractivity contribution in [2.75, 3.05) is 19.8 Å². The fourth-order valence-electron chi connectivity index (χ4n) is 2.65. The van der Waals surface area contributed by atoms with Crippen LogP contribution in [0.3, 0.4) is 0 Å². The standard InChI is InChI=1S/C15H22ClNO/c1-11(2)17-7-8-18-10-14(17)9-13-5-4-6-15(16)12(13)3/h4-6,11,14H,7-10H2,1-3H3. The summed E-state index contributed by atoms with van der Waals surface area (Å²) in [6.07, 6.45) is 1.02. The van der Waals surface area contributed by atoms with Crippen LogP contribution >= 0.6 is 11.6 Å². The van der Waals surface area contributed by atoms with Gasteiger partial charge in [0.2, 0.25) is 0 Å². The van der Waals surface area contributed by atoms with Crippen molar-refractivity contribution in [2.45, 2.75) is 39.3 Å². The van der Waals surface area contributed by atoms with Gasteiger partial charge >= 0.3 is 0 Å². The molecule has 1 aromatic rings. The highest BCUT2D eigenvalue weighted by Gasteiger charge is 2.25. The summed E-state index contributed by atoms with van der Waals surface area (Å²) in [4.78, 5) is 2.53. The Morgan fingerprint density at radius 2 is 2.22 bits per heavy atom. The Hall–Kier alpha value is -0.570. The van der Waals surface area contributed by atoms with E-state index >= 15 is 0 Å². The van der Waals surface area contributed by atoms with Crippen LogP contribution in [0, 0.1) is 6.92 Å². The van der Waals surface area contributed by atoms with Crippen molar-refractivity contribution in [3.05, 3.63) is 34.3 Å². The molecule has 0 bridgehead atoms. The third kappa shape index (κ3) is 3.05. The third-order valence-corrected chi connectivity index (χ3v) is 4.18. The van der Waals surface area contributed by atoms with E-state index in [1.807, 2.05) is 12.1 Å². The quantitative estimate of drug-likeness (QED) is 0.833. The Labute approximate surface area is 115 Å². The maximum atomic E-state index is 6.19. The van der Waals surface area contributed by atoms with Crippen LogP contribution in [0.2, 0.25) is 5.02 Å². The predicted octanol–water partition coefficient (Wildman–Crippen LogP) is 3.30. The van der Waals surface area contributed by atoms with E-state index in [0.717, 1.165) is 31.2 Å². The first-order chi connectivity index (χ1) is 8.59. The zero-order valence-electron chi connectivity index (χ0n) is 11.4. The lowest BCUT2D eigenvalue weighted by molar-refractivity contribution is -0.0217. The number of benzene rings is 1. The average Bonchev–Trinajstić information content (AvgIpc) is 2.35. The van der Waals surface area contributed by atoms with E-state index in [0.29, 0.717) is 12.1 Å². The number of ether oxygens (including phenoxy) is 1. The van der Waals surface area contributed by atoms with Crippen LogP contribution < -0.4 is 0 Å². The lowest BCUT2D eigenvalue weighted by Gasteiger charge is -2.38. The summed E-state index contributed by atoms with van der Waals surface area (Å²) < 4.78 is 5.63. The van der Waals surface area contributed by atoms with Gasteiger partial charge in [0, 0.05) is 23.7 Å². The summed E-state index contributed by atoms with van der Waals surface area (Å²) in [7, 11) is 0. The molecule has 0 aromatic heterocycles. The maximum absolute atomic E-state index is 6.19. The summed E-state index contributed by atoms with van der Waals surface area (Å²) in [5, 5.41) is 0.861. The molecule has 0 amide bonds. The van der Waals surface area contributed by atoms with E-state index in [2.05, 4.69) is 31.7 Å². The topological polar surface area (TPSA) is 12.5 Å². The molecule has 0 aliphatic carbocycles. The van der Waals surface area contributed by atoms with E-state index in [-0.39, 0.29) is 0 Å². The largest absolute Gasteiger partial charge is 0.378 e. The zero-order chi connectivity index (χ0) is 13.1. The minimum Gasteiger partial charge on any atom is -0.378 e. The van der Waals surface area contributed by atoms with E-state index in [9.17, 15) is 0 Å². The first-order valence-electron chi connectivity index (χ1n) is 6.67. The molecule has 1 heterocycles. The molecule has 18 heavy (non-hydrogen) atoms. The Morgan fingerprint density at radius 1 is 1.44 bits per heavy atom. The maximum Gasteiger partial charge on any atom is 0.0625 e. The molecule has 0 radical (unpaired) electrons. The Balaban J connectivity index is 2.13. The summed E-state index contributed by atoms with van der Waals surface area (Å²) in [5.41, 5.74) is 2.54. The highest BCUT2D eigenvalue weighted by Crippen LogP contribution is 2.22. The summed E-state index contributed by atoms with van der Waals surface area (Å²) in [5.74, 6) is 0. The van der Waals surface area contributed by atoms with Gasteiger partial charge in [0.15, 0.2) is 0 Å². The molecule has 2 nitrogen and oxygen atoms in total. The lowest BCUT2D eigenvalue weighted by Crippen LogP contribution is -2.49. The minimum absolute atomic E-state index is 0.468. The number of hydrogen-bond donors (Lipinski definition) is 0. The molecule has 1 aliphatic heterocycles. The smallest absolute Gasteiger partial charge is 0.0625 e. The highest BCUT2D eigenvalue weighted by atomic mass is 35.5. The zero-order valence-corrected chi connectivity index (χ0v) is 12.2.